The molecule has 0 unspecified atom stereocenters. The molecule has 0 saturated heterocycles. The minimum absolute atomic E-state index is 0.882. The van der Waals surface area contributed by atoms with Gasteiger partial charge in [0.2, 0.25) is 0 Å². The van der Waals surface area contributed by atoms with Crippen LogP contribution in [0.25, 0.3) is 0 Å². The monoisotopic (exact) mass is 260 g/mol. The molecule has 2 rings (SSSR count). The molecule has 11 heavy (non-hydrogen) atoms. The van der Waals surface area contributed by atoms with Gasteiger partial charge < -0.3 is 4.74 Å². The number of ether oxygens (including phenoxy) is 1. The lowest BCUT2D eigenvalue weighted by molar-refractivity contribution is 0.288. The first-order valence-electron chi connectivity index (χ1n) is 3.78. The number of rotatable bonds is 0. The fourth-order valence-electron chi connectivity index (χ4n) is 1.35. The number of benzene rings is 1. The van der Waals surface area contributed by atoms with Gasteiger partial charge in [-0.3, -0.25) is 0 Å². The average Bonchev–Trinajstić information content (AvgIpc) is 2.06. The molecule has 0 saturated carbocycles. The Kier molecular flexibility index (Phi) is 2.02. The maximum atomic E-state index is 5.50. The molecule has 0 spiro atoms. The molecule has 1 heterocycles. The second kappa shape index (κ2) is 3.01. The van der Waals surface area contributed by atoms with Crippen LogP contribution in [0, 0.1) is 3.57 Å². The van der Waals surface area contributed by atoms with E-state index in [1.54, 1.807) is 0 Å². The van der Waals surface area contributed by atoms with Gasteiger partial charge in [-0.1, -0.05) is 6.07 Å². The van der Waals surface area contributed by atoms with E-state index in [4.69, 9.17) is 4.74 Å². The van der Waals surface area contributed by atoms with Crippen molar-refractivity contribution in [1.29, 1.82) is 0 Å². The van der Waals surface area contributed by atoms with Crippen LogP contribution >= 0.6 is 22.6 Å². The smallest absolute Gasteiger partial charge is 0.123 e. The molecule has 1 aliphatic rings. The van der Waals surface area contributed by atoms with Crippen LogP contribution in [0.4, 0.5) is 0 Å². The van der Waals surface area contributed by atoms with Gasteiger partial charge in [-0.25, -0.2) is 0 Å². The average molecular weight is 260 g/mol. The van der Waals surface area contributed by atoms with Crippen LogP contribution in [0.2, 0.25) is 0 Å². The largest absolute Gasteiger partial charge is 0.493 e. The van der Waals surface area contributed by atoms with Crippen LogP contribution in [0.1, 0.15) is 12.0 Å². The molecule has 1 aliphatic heterocycles. The van der Waals surface area contributed by atoms with Crippen molar-refractivity contribution in [3.05, 3.63) is 27.3 Å². The minimum Gasteiger partial charge on any atom is -0.493 e. The van der Waals surface area contributed by atoms with E-state index < -0.39 is 0 Å². The van der Waals surface area contributed by atoms with Crippen LogP contribution in [0.3, 0.4) is 0 Å². The predicted octanol–water partition coefficient (Wildman–Crippen LogP) is 2.62. The summed E-state index contributed by atoms with van der Waals surface area (Å²) >= 11 is 2.36. The quantitative estimate of drug-likeness (QED) is 0.651. The Hall–Kier alpha value is -0.250. The van der Waals surface area contributed by atoms with Crippen molar-refractivity contribution in [2.24, 2.45) is 0 Å². The van der Waals surface area contributed by atoms with Gasteiger partial charge in [0.1, 0.15) is 5.75 Å². The summed E-state index contributed by atoms with van der Waals surface area (Å²) in [4.78, 5) is 0. The Morgan fingerprint density at radius 2 is 2.27 bits per heavy atom. The predicted molar refractivity (Wildman–Crippen MR) is 53.0 cm³/mol. The third kappa shape index (κ3) is 1.36. The van der Waals surface area contributed by atoms with Crippen LogP contribution < -0.4 is 4.74 Å². The summed E-state index contributed by atoms with van der Waals surface area (Å²) < 4.78 is 6.83. The second-order valence-corrected chi connectivity index (χ2v) is 3.83. The summed E-state index contributed by atoms with van der Waals surface area (Å²) in [6.07, 6.45) is 2.33. The summed E-state index contributed by atoms with van der Waals surface area (Å²) in [6, 6.07) is 6.23. The van der Waals surface area contributed by atoms with Crippen molar-refractivity contribution in [2.75, 3.05) is 6.61 Å². The van der Waals surface area contributed by atoms with E-state index in [0.717, 1.165) is 18.8 Å². The number of hydrogen-bond acceptors (Lipinski definition) is 1. The highest BCUT2D eigenvalue weighted by Crippen LogP contribution is 2.28. The minimum atomic E-state index is 0.882. The van der Waals surface area contributed by atoms with Crippen molar-refractivity contribution < 1.29 is 4.74 Å². The van der Waals surface area contributed by atoms with Gasteiger partial charge >= 0.3 is 0 Å². The highest BCUT2D eigenvalue weighted by molar-refractivity contribution is 14.1. The Morgan fingerprint density at radius 1 is 1.36 bits per heavy atom. The molecular formula is C9H9IO. The van der Waals surface area contributed by atoms with Gasteiger partial charge in [0.15, 0.2) is 0 Å². The molecule has 2 heteroatoms. The van der Waals surface area contributed by atoms with E-state index in [1.165, 1.54) is 15.6 Å². The first-order valence-corrected chi connectivity index (χ1v) is 4.86. The van der Waals surface area contributed by atoms with Gasteiger partial charge in [0.05, 0.1) is 6.61 Å². The normalized spacial score (nSPS) is 15.4. The highest BCUT2D eigenvalue weighted by Gasteiger charge is 2.11. The molecule has 0 fully saturated rings. The summed E-state index contributed by atoms with van der Waals surface area (Å²) in [5, 5.41) is 0. The second-order valence-electron chi connectivity index (χ2n) is 2.67. The topological polar surface area (TPSA) is 9.23 Å². The van der Waals surface area contributed by atoms with E-state index in [9.17, 15) is 0 Å². The zero-order valence-electron chi connectivity index (χ0n) is 6.14. The number of halogens is 1. The number of hydrogen-bond donors (Lipinski definition) is 0. The highest BCUT2D eigenvalue weighted by atomic mass is 127. The molecule has 1 aromatic carbocycles. The molecule has 0 bridgehead atoms. The molecule has 1 nitrogen and oxygen atoms in total. The van der Waals surface area contributed by atoms with Crippen LogP contribution in [-0.4, -0.2) is 6.61 Å². The van der Waals surface area contributed by atoms with Crippen molar-refractivity contribution in [3.8, 4) is 5.75 Å². The zero-order chi connectivity index (χ0) is 7.68. The Morgan fingerprint density at radius 3 is 3.09 bits per heavy atom. The number of fused-ring (bicyclic) bond motifs is 1. The van der Waals surface area contributed by atoms with Crippen LogP contribution in [0.5, 0.6) is 5.75 Å². The third-order valence-electron chi connectivity index (χ3n) is 1.90. The van der Waals surface area contributed by atoms with E-state index in [2.05, 4.69) is 34.7 Å². The molecule has 0 amide bonds. The fraction of sp³-hybridized carbons (Fsp3) is 0.333. The van der Waals surface area contributed by atoms with Crippen molar-refractivity contribution in [3.63, 3.8) is 0 Å². The first kappa shape index (κ1) is 7.40. The molecule has 58 valence electrons. The Balaban J connectivity index is 2.49. The summed E-state index contributed by atoms with van der Waals surface area (Å²) in [5.74, 6) is 1.09. The van der Waals surface area contributed by atoms with Gasteiger partial charge in [0.25, 0.3) is 0 Å². The first-order chi connectivity index (χ1) is 5.38. The maximum absolute atomic E-state index is 5.50. The SMILES string of the molecule is Ic1cccc2c1CCCO2. The molecule has 0 N–H and O–H groups in total. The summed E-state index contributed by atoms with van der Waals surface area (Å²) in [5.41, 5.74) is 1.39. The lowest BCUT2D eigenvalue weighted by Crippen LogP contribution is -2.09. The molecule has 0 aromatic heterocycles. The van der Waals surface area contributed by atoms with Gasteiger partial charge in [-0.05, 0) is 47.6 Å². The molecule has 0 atom stereocenters. The van der Waals surface area contributed by atoms with Crippen molar-refractivity contribution in [1.82, 2.24) is 0 Å². The van der Waals surface area contributed by atoms with Crippen LogP contribution in [0.15, 0.2) is 18.2 Å². The zero-order valence-corrected chi connectivity index (χ0v) is 8.30. The van der Waals surface area contributed by atoms with Crippen molar-refractivity contribution in [2.45, 2.75) is 12.8 Å². The Bertz CT molecular complexity index is 270. The van der Waals surface area contributed by atoms with Crippen molar-refractivity contribution >= 4 is 22.6 Å². The van der Waals surface area contributed by atoms with E-state index in [0.29, 0.717) is 0 Å². The maximum Gasteiger partial charge on any atom is 0.123 e. The van der Waals surface area contributed by atoms with Gasteiger partial charge in [-0.2, -0.15) is 0 Å². The standard InChI is InChI=1S/C9H9IO/c10-8-4-1-5-9-7(8)3-2-6-11-9/h1,4-5H,2-3,6H2. The summed E-state index contributed by atoms with van der Waals surface area (Å²) in [7, 11) is 0. The van der Waals surface area contributed by atoms with Crippen LogP contribution in [-0.2, 0) is 6.42 Å². The van der Waals surface area contributed by atoms with E-state index in [-0.39, 0.29) is 0 Å². The molecule has 0 aliphatic carbocycles. The lowest BCUT2D eigenvalue weighted by Gasteiger charge is -2.17. The Labute approximate surface area is 79.9 Å². The molecule has 1 aromatic rings. The van der Waals surface area contributed by atoms with Gasteiger partial charge in [0, 0.05) is 9.13 Å². The molecule has 0 radical (unpaired) electrons. The third-order valence-corrected chi connectivity index (χ3v) is 2.92. The fourth-order valence-corrected chi connectivity index (χ4v) is 2.09. The van der Waals surface area contributed by atoms with E-state index in [1.807, 2.05) is 6.07 Å². The lowest BCUT2D eigenvalue weighted by atomic mass is 10.1. The summed E-state index contributed by atoms with van der Waals surface area (Å²) in [6.45, 7) is 0.882. The van der Waals surface area contributed by atoms with Gasteiger partial charge in [-0.15, -0.1) is 0 Å². The molecular weight excluding hydrogens is 251 g/mol. The van der Waals surface area contributed by atoms with E-state index >= 15 is 0 Å².